The Kier molecular flexibility index (Phi) is 6.16. The number of aliphatic hydroxyl groups is 1. The van der Waals surface area contributed by atoms with Crippen molar-refractivity contribution >= 4 is 22.8 Å². The van der Waals surface area contributed by atoms with E-state index in [1.54, 1.807) is 0 Å². The largest absolute Gasteiger partial charge is 0.501 e. The molecule has 3 aromatic carbocycles. The topological polar surface area (TPSA) is 26.5 Å². The Morgan fingerprint density at radius 3 is 1.85 bits per heavy atom. The number of anilines is 1. The van der Waals surface area contributed by atoms with Crippen molar-refractivity contribution in [1.82, 2.24) is 0 Å². The number of allylic oxidation sites excluding steroid dienone is 1. The second kappa shape index (κ2) is 8.90. The maximum atomic E-state index is 11.8. The van der Waals surface area contributed by atoms with Crippen molar-refractivity contribution in [1.29, 1.82) is 0 Å². The molecule has 0 saturated heterocycles. The van der Waals surface area contributed by atoms with Crippen LogP contribution in [0.4, 0.5) is 11.4 Å². The maximum absolute atomic E-state index is 11.8. The number of aliphatic hydroxyl groups excluding tert-OH is 1. The SMILES string of the molecule is C/C(=C(/O)C1=[N+](c2c(C)cc(C)cc2C)CCN1c1c(C)cc(C)cc1C)c1ccccc1. The highest BCUT2D eigenvalue weighted by Crippen LogP contribution is 2.34. The first-order chi connectivity index (χ1) is 15.7. The lowest BCUT2D eigenvalue weighted by atomic mass is 10.0. The molecule has 33 heavy (non-hydrogen) atoms. The van der Waals surface area contributed by atoms with E-state index < -0.39 is 0 Å². The third-order valence-electron chi connectivity index (χ3n) is 6.64. The number of hydrogen-bond donors (Lipinski definition) is 1. The fraction of sp³-hybridized carbons (Fsp3) is 0.300. The van der Waals surface area contributed by atoms with Crippen molar-refractivity contribution < 1.29 is 9.68 Å². The van der Waals surface area contributed by atoms with E-state index in [9.17, 15) is 5.11 Å². The number of amidine groups is 1. The molecule has 0 aliphatic carbocycles. The van der Waals surface area contributed by atoms with E-state index in [0.29, 0.717) is 5.76 Å². The van der Waals surface area contributed by atoms with Gasteiger partial charge in [0.25, 0.3) is 0 Å². The van der Waals surface area contributed by atoms with Crippen LogP contribution >= 0.6 is 0 Å². The van der Waals surface area contributed by atoms with Crippen LogP contribution in [0, 0.1) is 41.5 Å². The third-order valence-corrected chi connectivity index (χ3v) is 6.64. The van der Waals surface area contributed by atoms with Gasteiger partial charge in [-0.1, -0.05) is 65.7 Å². The molecule has 0 fully saturated rings. The fourth-order valence-electron chi connectivity index (χ4n) is 5.44. The molecule has 1 aliphatic heterocycles. The van der Waals surface area contributed by atoms with Crippen molar-refractivity contribution in [3.8, 4) is 0 Å². The first kappa shape index (κ1) is 22.8. The number of hydrogen-bond acceptors (Lipinski definition) is 2. The molecule has 0 atom stereocenters. The Morgan fingerprint density at radius 2 is 1.30 bits per heavy atom. The molecule has 0 bridgehead atoms. The summed E-state index contributed by atoms with van der Waals surface area (Å²) in [7, 11) is 0. The summed E-state index contributed by atoms with van der Waals surface area (Å²) in [5.74, 6) is 1.19. The van der Waals surface area contributed by atoms with Crippen LogP contribution in [-0.4, -0.2) is 28.6 Å². The predicted octanol–water partition coefficient (Wildman–Crippen LogP) is 7.09. The van der Waals surface area contributed by atoms with Crippen molar-refractivity contribution in [3.63, 3.8) is 0 Å². The molecular formula is C30H35N2O+. The zero-order chi connectivity index (χ0) is 23.9. The zero-order valence-electron chi connectivity index (χ0n) is 21.0. The average molecular weight is 440 g/mol. The summed E-state index contributed by atoms with van der Waals surface area (Å²) in [6, 6.07) is 19.1. The summed E-state index contributed by atoms with van der Waals surface area (Å²) in [6.45, 7) is 16.6. The van der Waals surface area contributed by atoms with E-state index in [-0.39, 0.29) is 0 Å². The molecule has 0 amide bonds. The first-order valence-corrected chi connectivity index (χ1v) is 11.7. The standard InChI is InChI=1S/C30H34N2O/c1-19-15-21(3)27(22(4)16-19)31-13-14-32(28-23(5)17-20(2)18-24(28)6)30(31)29(33)25(7)26-11-9-8-10-12-26/h8-12,15-18H,13-14H2,1-7H3/p+1/b29-25-. The highest BCUT2D eigenvalue weighted by Gasteiger charge is 2.39. The third kappa shape index (κ3) is 4.20. The molecule has 1 heterocycles. The first-order valence-electron chi connectivity index (χ1n) is 11.7. The quantitative estimate of drug-likeness (QED) is 0.347. The monoisotopic (exact) mass is 439 g/mol. The predicted molar refractivity (Wildman–Crippen MR) is 140 cm³/mol. The molecular weight excluding hydrogens is 404 g/mol. The van der Waals surface area contributed by atoms with Crippen LogP contribution in [0.3, 0.4) is 0 Å². The van der Waals surface area contributed by atoms with Crippen molar-refractivity contribution in [3.05, 3.63) is 99.3 Å². The van der Waals surface area contributed by atoms with Crippen LogP contribution < -0.4 is 4.90 Å². The van der Waals surface area contributed by atoms with Gasteiger partial charge < -0.3 is 5.11 Å². The van der Waals surface area contributed by atoms with Gasteiger partial charge in [-0.3, -0.25) is 0 Å². The lowest BCUT2D eigenvalue weighted by Crippen LogP contribution is -2.32. The fourth-order valence-corrected chi connectivity index (χ4v) is 5.44. The van der Waals surface area contributed by atoms with Crippen LogP contribution in [0.5, 0.6) is 0 Å². The number of aryl methyl sites for hydroxylation is 6. The molecule has 170 valence electrons. The summed E-state index contributed by atoms with van der Waals surface area (Å²) in [4.78, 5) is 2.31. The molecule has 3 heteroatoms. The van der Waals surface area contributed by atoms with Gasteiger partial charge in [0.15, 0.2) is 0 Å². The van der Waals surface area contributed by atoms with Crippen LogP contribution in [0.1, 0.15) is 45.9 Å². The van der Waals surface area contributed by atoms with Gasteiger partial charge in [0.2, 0.25) is 5.76 Å². The summed E-state index contributed by atoms with van der Waals surface area (Å²) in [6.07, 6.45) is 0. The van der Waals surface area contributed by atoms with Gasteiger partial charge in [0, 0.05) is 5.57 Å². The van der Waals surface area contributed by atoms with Gasteiger partial charge in [-0.2, -0.15) is 0 Å². The highest BCUT2D eigenvalue weighted by atomic mass is 16.3. The molecule has 0 spiro atoms. The number of nitrogens with zero attached hydrogens (tertiary/aromatic N) is 2. The molecule has 3 nitrogen and oxygen atoms in total. The van der Waals surface area contributed by atoms with Crippen molar-refractivity contribution in [2.75, 3.05) is 18.0 Å². The number of benzene rings is 3. The Hall–Kier alpha value is -3.33. The van der Waals surface area contributed by atoms with E-state index in [1.807, 2.05) is 25.1 Å². The summed E-state index contributed by atoms with van der Waals surface area (Å²) < 4.78 is 2.31. The zero-order valence-corrected chi connectivity index (χ0v) is 21.0. The van der Waals surface area contributed by atoms with E-state index in [1.165, 1.54) is 44.8 Å². The molecule has 0 saturated carbocycles. The van der Waals surface area contributed by atoms with Gasteiger partial charge >= 0.3 is 5.84 Å². The molecule has 3 aromatic rings. The smallest absolute Gasteiger partial charge is 0.325 e. The van der Waals surface area contributed by atoms with Crippen molar-refractivity contribution in [2.45, 2.75) is 48.5 Å². The lowest BCUT2D eigenvalue weighted by Gasteiger charge is -2.19. The Morgan fingerprint density at radius 1 is 0.788 bits per heavy atom. The minimum atomic E-state index is 0.331. The van der Waals surface area contributed by atoms with E-state index in [2.05, 4.69) is 87.4 Å². The Labute approximate surface area is 198 Å². The van der Waals surface area contributed by atoms with E-state index in [0.717, 1.165) is 30.1 Å². The van der Waals surface area contributed by atoms with E-state index >= 15 is 0 Å². The normalized spacial score (nSPS) is 14.7. The molecule has 0 unspecified atom stereocenters. The second-order valence-corrected chi connectivity index (χ2v) is 9.46. The van der Waals surface area contributed by atoms with Gasteiger partial charge in [-0.25, -0.2) is 9.48 Å². The van der Waals surface area contributed by atoms with Gasteiger partial charge in [0.1, 0.15) is 24.5 Å². The second-order valence-electron chi connectivity index (χ2n) is 9.46. The van der Waals surface area contributed by atoms with Crippen LogP contribution in [0.15, 0.2) is 60.4 Å². The Bertz CT molecular complexity index is 1240. The van der Waals surface area contributed by atoms with Crippen LogP contribution in [0.25, 0.3) is 5.57 Å². The molecule has 1 N–H and O–H groups in total. The lowest BCUT2D eigenvalue weighted by molar-refractivity contribution is -0.430. The van der Waals surface area contributed by atoms with Crippen LogP contribution in [0.2, 0.25) is 0 Å². The summed E-state index contributed by atoms with van der Waals surface area (Å²) in [5, 5.41) is 11.8. The van der Waals surface area contributed by atoms with Crippen molar-refractivity contribution in [2.24, 2.45) is 0 Å². The van der Waals surface area contributed by atoms with Gasteiger partial charge in [-0.05, 0) is 76.3 Å². The maximum Gasteiger partial charge on any atom is 0.325 e. The molecule has 0 radical (unpaired) electrons. The van der Waals surface area contributed by atoms with Gasteiger partial charge in [-0.15, -0.1) is 0 Å². The summed E-state index contributed by atoms with van der Waals surface area (Å²) >= 11 is 0. The Balaban J connectivity index is 2.01. The summed E-state index contributed by atoms with van der Waals surface area (Å²) in [5.41, 5.74) is 11.7. The van der Waals surface area contributed by atoms with Crippen LogP contribution in [-0.2, 0) is 0 Å². The minimum absolute atomic E-state index is 0.331. The minimum Gasteiger partial charge on any atom is -0.501 e. The molecule has 1 aliphatic rings. The molecule has 0 aromatic heterocycles. The highest BCUT2D eigenvalue weighted by molar-refractivity contribution is 6.11. The number of rotatable bonds is 4. The molecule has 4 rings (SSSR count). The van der Waals surface area contributed by atoms with Gasteiger partial charge in [0.05, 0.1) is 0 Å². The van der Waals surface area contributed by atoms with E-state index in [4.69, 9.17) is 0 Å². The average Bonchev–Trinajstić information content (AvgIpc) is 3.16.